The summed E-state index contributed by atoms with van der Waals surface area (Å²) in [6.07, 6.45) is 3.11. The van der Waals surface area contributed by atoms with Crippen molar-refractivity contribution < 1.29 is 8.42 Å². The van der Waals surface area contributed by atoms with E-state index in [1.807, 2.05) is 25.1 Å². The van der Waals surface area contributed by atoms with Gasteiger partial charge in [0.05, 0.1) is 4.90 Å². The summed E-state index contributed by atoms with van der Waals surface area (Å²) in [6, 6.07) is 12.9. The number of allylic oxidation sites excluding steroid dienone is 2. The van der Waals surface area contributed by atoms with E-state index in [-0.39, 0.29) is 4.90 Å². The van der Waals surface area contributed by atoms with Crippen LogP contribution < -0.4 is 5.14 Å². The van der Waals surface area contributed by atoms with Gasteiger partial charge in [-0.25, -0.2) is 13.6 Å². The molecule has 0 aromatic heterocycles. The maximum atomic E-state index is 11.4. The summed E-state index contributed by atoms with van der Waals surface area (Å²) in [5, 5.41) is 5.93. The van der Waals surface area contributed by atoms with Crippen molar-refractivity contribution in [3.63, 3.8) is 0 Å². The molecule has 0 saturated heterocycles. The summed E-state index contributed by atoms with van der Waals surface area (Å²) in [7, 11) is -3.65. The highest BCUT2D eigenvalue weighted by Crippen LogP contribution is 2.40. The molecule has 1 aliphatic rings. The normalized spacial score (nSPS) is 15.3. The number of hydrogen-bond acceptors (Lipinski definition) is 2. The lowest BCUT2D eigenvalue weighted by molar-refractivity contribution is 0.598. The quantitative estimate of drug-likeness (QED) is 0.895. The van der Waals surface area contributed by atoms with Crippen LogP contribution in [0.25, 0.3) is 11.1 Å². The van der Waals surface area contributed by atoms with Crippen molar-refractivity contribution in [3.8, 4) is 0 Å². The molecular weight excluding hydrogens is 330 g/mol. The standard InChI is InChI=1S/C18H18ClNO2S/c1-12-11-14(7-10-18(12)19)17-4-2-3-16(17)13-5-8-15(9-6-13)23(20,21)22/h5-11H,2-4H2,1H3,(H2,20,21,22). The lowest BCUT2D eigenvalue weighted by Gasteiger charge is -2.10. The number of aryl methyl sites for hydroxylation is 1. The number of halogens is 1. The van der Waals surface area contributed by atoms with Gasteiger partial charge < -0.3 is 0 Å². The SMILES string of the molecule is Cc1cc(C2=C(c3ccc(S(N)(=O)=O)cc3)CCC2)ccc1Cl. The fourth-order valence-electron chi connectivity index (χ4n) is 3.06. The van der Waals surface area contributed by atoms with Crippen LogP contribution in [0.2, 0.25) is 5.02 Å². The van der Waals surface area contributed by atoms with Crippen LogP contribution in [0.5, 0.6) is 0 Å². The molecule has 2 aromatic rings. The van der Waals surface area contributed by atoms with E-state index in [1.165, 1.54) is 16.7 Å². The van der Waals surface area contributed by atoms with Crippen molar-refractivity contribution in [1.29, 1.82) is 0 Å². The smallest absolute Gasteiger partial charge is 0.225 e. The van der Waals surface area contributed by atoms with Gasteiger partial charge in [-0.15, -0.1) is 0 Å². The molecule has 2 N–H and O–H groups in total. The maximum Gasteiger partial charge on any atom is 0.238 e. The van der Waals surface area contributed by atoms with Crippen LogP contribution >= 0.6 is 11.6 Å². The summed E-state index contributed by atoms with van der Waals surface area (Å²) >= 11 is 6.12. The Morgan fingerprint density at radius 3 is 2.09 bits per heavy atom. The number of rotatable bonds is 3. The Labute approximate surface area is 141 Å². The van der Waals surface area contributed by atoms with Gasteiger partial charge in [0, 0.05) is 5.02 Å². The van der Waals surface area contributed by atoms with Crippen LogP contribution in [0.15, 0.2) is 47.4 Å². The molecule has 0 fully saturated rings. The van der Waals surface area contributed by atoms with Gasteiger partial charge in [-0.05, 0) is 72.2 Å². The Bertz CT molecular complexity index is 884. The fourth-order valence-corrected chi connectivity index (χ4v) is 3.69. The third-order valence-corrected chi connectivity index (χ3v) is 5.61. The second-order valence-corrected chi connectivity index (χ2v) is 7.81. The van der Waals surface area contributed by atoms with Crippen molar-refractivity contribution in [2.45, 2.75) is 31.1 Å². The highest BCUT2D eigenvalue weighted by molar-refractivity contribution is 7.89. The molecule has 2 aromatic carbocycles. The topological polar surface area (TPSA) is 60.2 Å². The van der Waals surface area contributed by atoms with Gasteiger partial charge in [0.15, 0.2) is 0 Å². The van der Waals surface area contributed by atoms with Crippen LogP contribution in [0, 0.1) is 6.92 Å². The van der Waals surface area contributed by atoms with Crippen molar-refractivity contribution in [3.05, 3.63) is 64.2 Å². The van der Waals surface area contributed by atoms with Gasteiger partial charge in [-0.3, -0.25) is 0 Å². The van der Waals surface area contributed by atoms with Gasteiger partial charge in [-0.2, -0.15) is 0 Å². The zero-order valence-electron chi connectivity index (χ0n) is 12.8. The van der Waals surface area contributed by atoms with E-state index in [1.54, 1.807) is 12.1 Å². The molecule has 0 radical (unpaired) electrons. The summed E-state index contributed by atoms with van der Waals surface area (Å²) < 4.78 is 22.7. The van der Waals surface area contributed by atoms with Crippen LogP contribution in [-0.2, 0) is 10.0 Å². The van der Waals surface area contributed by atoms with E-state index in [0.717, 1.165) is 35.4 Å². The second kappa shape index (κ2) is 6.11. The fraction of sp³-hybridized carbons (Fsp3) is 0.222. The van der Waals surface area contributed by atoms with Crippen molar-refractivity contribution in [2.24, 2.45) is 5.14 Å². The predicted molar refractivity (Wildman–Crippen MR) is 94.7 cm³/mol. The average molecular weight is 348 g/mol. The molecule has 0 atom stereocenters. The minimum atomic E-state index is -3.65. The Balaban J connectivity index is 2.04. The van der Waals surface area contributed by atoms with Crippen molar-refractivity contribution >= 4 is 32.8 Å². The molecule has 1 aliphatic carbocycles. The van der Waals surface area contributed by atoms with Gasteiger partial charge in [-0.1, -0.05) is 35.9 Å². The van der Waals surface area contributed by atoms with E-state index in [9.17, 15) is 8.42 Å². The zero-order chi connectivity index (χ0) is 16.6. The molecule has 0 unspecified atom stereocenters. The molecule has 0 heterocycles. The summed E-state index contributed by atoms with van der Waals surface area (Å²) in [4.78, 5) is 0.142. The Hall–Kier alpha value is -1.62. The molecule has 5 heteroatoms. The van der Waals surface area contributed by atoms with Gasteiger partial charge in [0.1, 0.15) is 0 Å². The second-order valence-electron chi connectivity index (χ2n) is 5.84. The Morgan fingerprint density at radius 1 is 0.957 bits per heavy atom. The summed E-state index contributed by atoms with van der Waals surface area (Å²) in [6.45, 7) is 2.00. The largest absolute Gasteiger partial charge is 0.238 e. The summed E-state index contributed by atoms with van der Waals surface area (Å²) in [5.41, 5.74) is 5.89. The molecule has 120 valence electrons. The maximum absolute atomic E-state index is 11.4. The van der Waals surface area contributed by atoms with E-state index in [0.29, 0.717) is 0 Å². The van der Waals surface area contributed by atoms with Gasteiger partial charge >= 0.3 is 0 Å². The van der Waals surface area contributed by atoms with Crippen LogP contribution in [-0.4, -0.2) is 8.42 Å². The van der Waals surface area contributed by atoms with Gasteiger partial charge in [0.2, 0.25) is 10.0 Å². The third-order valence-electron chi connectivity index (χ3n) is 4.26. The molecule has 3 nitrogen and oxygen atoms in total. The van der Waals surface area contributed by atoms with E-state index in [2.05, 4.69) is 12.1 Å². The first-order valence-electron chi connectivity index (χ1n) is 7.48. The van der Waals surface area contributed by atoms with E-state index in [4.69, 9.17) is 16.7 Å². The predicted octanol–water partition coefficient (Wildman–Crippen LogP) is 4.39. The minimum Gasteiger partial charge on any atom is -0.225 e. The van der Waals surface area contributed by atoms with Crippen LogP contribution in [0.4, 0.5) is 0 Å². The number of sulfonamides is 1. The van der Waals surface area contributed by atoms with Crippen LogP contribution in [0.3, 0.4) is 0 Å². The minimum absolute atomic E-state index is 0.142. The number of benzene rings is 2. The molecule has 0 amide bonds. The molecule has 3 rings (SSSR count). The molecule has 0 bridgehead atoms. The Morgan fingerprint density at radius 2 is 1.52 bits per heavy atom. The van der Waals surface area contributed by atoms with E-state index >= 15 is 0 Å². The number of hydrogen-bond donors (Lipinski definition) is 1. The average Bonchev–Trinajstić information content (AvgIpc) is 2.99. The number of primary sulfonamides is 1. The Kier molecular flexibility index (Phi) is 4.32. The monoisotopic (exact) mass is 347 g/mol. The first kappa shape index (κ1) is 16.2. The molecule has 0 spiro atoms. The number of nitrogens with two attached hydrogens (primary N) is 1. The highest BCUT2D eigenvalue weighted by Gasteiger charge is 2.18. The van der Waals surface area contributed by atoms with Gasteiger partial charge in [0.25, 0.3) is 0 Å². The lowest BCUT2D eigenvalue weighted by atomic mass is 9.96. The molecule has 23 heavy (non-hydrogen) atoms. The molecular formula is C18H18ClNO2S. The lowest BCUT2D eigenvalue weighted by Crippen LogP contribution is -2.11. The highest BCUT2D eigenvalue weighted by atomic mass is 35.5. The van der Waals surface area contributed by atoms with Crippen molar-refractivity contribution in [2.75, 3.05) is 0 Å². The molecule has 0 saturated carbocycles. The third kappa shape index (κ3) is 3.34. The van der Waals surface area contributed by atoms with Crippen molar-refractivity contribution in [1.82, 2.24) is 0 Å². The first-order valence-corrected chi connectivity index (χ1v) is 9.40. The molecule has 0 aliphatic heterocycles. The first-order chi connectivity index (χ1) is 10.9. The van der Waals surface area contributed by atoms with Crippen LogP contribution in [0.1, 0.15) is 36.0 Å². The zero-order valence-corrected chi connectivity index (χ0v) is 14.4. The summed E-state index contributed by atoms with van der Waals surface area (Å²) in [5.74, 6) is 0. The van der Waals surface area contributed by atoms with E-state index < -0.39 is 10.0 Å².